The number of pyridine rings is 1. The molecule has 1 amide bonds. The highest BCUT2D eigenvalue weighted by Crippen LogP contribution is 2.41. The van der Waals surface area contributed by atoms with Crippen molar-refractivity contribution in [1.29, 1.82) is 0 Å². The summed E-state index contributed by atoms with van der Waals surface area (Å²) in [6.45, 7) is 5.21. The van der Waals surface area contributed by atoms with Crippen molar-refractivity contribution in [2.45, 2.75) is 45.1 Å². The molecule has 134 valence electrons. The molecule has 25 heavy (non-hydrogen) atoms. The summed E-state index contributed by atoms with van der Waals surface area (Å²) in [5.41, 5.74) is 1.36. The Morgan fingerprint density at radius 2 is 2.12 bits per heavy atom. The Hall–Kier alpha value is -1.68. The first-order valence-electron chi connectivity index (χ1n) is 9.77. The zero-order valence-corrected chi connectivity index (χ0v) is 15.1. The van der Waals surface area contributed by atoms with E-state index in [1.165, 1.54) is 38.6 Å². The molecule has 4 nitrogen and oxygen atoms in total. The fourth-order valence-corrected chi connectivity index (χ4v) is 4.77. The summed E-state index contributed by atoms with van der Waals surface area (Å²) in [5.74, 6) is 1.17. The molecule has 1 spiro atoms. The van der Waals surface area contributed by atoms with Gasteiger partial charge in [-0.3, -0.25) is 9.78 Å². The Morgan fingerprint density at radius 1 is 1.24 bits per heavy atom. The summed E-state index contributed by atoms with van der Waals surface area (Å²) in [6, 6.07) is 4.01. The average molecular weight is 339 g/mol. The van der Waals surface area contributed by atoms with Crippen molar-refractivity contribution < 1.29 is 4.79 Å². The minimum Gasteiger partial charge on any atom is -0.338 e. The van der Waals surface area contributed by atoms with E-state index < -0.39 is 0 Å². The van der Waals surface area contributed by atoms with E-state index in [9.17, 15) is 4.79 Å². The molecule has 0 aromatic carbocycles. The van der Waals surface area contributed by atoms with E-state index in [0.29, 0.717) is 12.5 Å². The van der Waals surface area contributed by atoms with Crippen LogP contribution in [0.25, 0.3) is 0 Å². The quantitative estimate of drug-likeness (QED) is 0.790. The van der Waals surface area contributed by atoms with Crippen LogP contribution >= 0.6 is 0 Å². The third-order valence-corrected chi connectivity index (χ3v) is 6.31. The van der Waals surface area contributed by atoms with Crippen LogP contribution in [0.5, 0.6) is 0 Å². The molecule has 3 heterocycles. The maximum absolute atomic E-state index is 12.5. The topological polar surface area (TPSA) is 36.4 Å². The number of nitrogens with zero attached hydrogens (tertiary/aromatic N) is 3. The second-order valence-corrected chi connectivity index (χ2v) is 8.24. The molecule has 4 rings (SSSR count). The van der Waals surface area contributed by atoms with Gasteiger partial charge >= 0.3 is 0 Å². The second-order valence-electron chi connectivity index (χ2n) is 8.24. The Bertz CT molecular complexity index is 619. The molecule has 3 aliphatic rings. The Kier molecular flexibility index (Phi) is 4.89. The average Bonchev–Trinajstić information content (AvgIpc) is 2.94. The van der Waals surface area contributed by atoms with Gasteiger partial charge in [-0.05, 0) is 68.2 Å². The lowest BCUT2D eigenvalue weighted by atomic mass is 9.77. The fraction of sp³-hybridized carbons (Fsp3) is 0.619. The first-order valence-corrected chi connectivity index (χ1v) is 9.77. The van der Waals surface area contributed by atoms with E-state index in [-0.39, 0.29) is 5.41 Å². The summed E-state index contributed by atoms with van der Waals surface area (Å²) in [5, 5.41) is 0. The van der Waals surface area contributed by atoms with Gasteiger partial charge in [-0.15, -0.1) is 0 Å². The van der Waals surface area contributed by atoms with Gasteiger partial charge in [-0.2, -0.15) is 0 Å². The lowest BCUT2D eigenvalue weighted by Gasteiger charge is -2.40. The number of rotatable bonds is 4. The second kappa shape index (κ2) is 7.28. The van der Waals surface area contributed by atoms with Crippen molar-refractivity contribution in [1.82, 2.24) is 14.8 Å². The molecule has 0 bridgehead atoms. The Balaban J connectivity index is 1.30. The lowest BCUT2D eigenvalue weighted by molar-refractivity contribution is -0.128. The van der Waals surface area contributed by atoms with Crippen LogP contribution in [0.15, 0.2) is 36.7 Å². The number of carbonyl (C=O) groups is 1. The van der Waals surface area contributed by atoms with Crippen LogP contribution in [0.1, 0.15) is 44.1 Å². The van der Waals surface area contributed by atoms with Gasteiger partial charge in [0.1, 0.15) is 0 Å². The molecule has 1 atom stereocenters. The Morgan fingerprint density at radius 3 is 2.84 bits per heavy atom. The highest BCUT2D eigenvalue weighted by atomic mass is 16.2. The van der Waals surface area contributed by atoms with Crippen molar-refractivity contribution in [2.24, 2.45) is 11.3 Å². The zero-order chi connectivity index (χ0) is 17.1. The van der Waals surface area contributed by atoms with E-state index in [1.807, 2.05) is 12.3 Å². The molecule has 2 aliphatic heterocycles. The van der Waals surface area contributed by atoms with Crippen LogP contribution in [0.3, 0.4) is 0 Å². The smallest absolute Gasteiger partial charge is 0.223 e. The van der Waals surface area contributed by atoms with Crippen LogP contribution in [-0.4, -0.2) is 46.9 Å². The highest BCUT2D eigenvalue weighted by Gasteiger charge is 2.44. The summed E-state index contributed by atoms with van der Waals surface area (Å²) in [4.78, 5) is 21.4. The number of amides is 1. The molecule has 1 aromatic heterocycles. The van der Waals surface area contributed by atoms with Crippen molar-refractivity contribution in [3.63, 3.8) is 0 Å². The first-order chi connectivity index (χ1) is 12.2. The molecular formula is C21H29N3O. The van der Waals surface area contributed by atoms with Crippen LogP contribution in [0.4, 0.5) is 0 Å². The molecular weight excluding hydrogens is 310 g/mol. The first kappa shape index (κ1) is 16.8. The van der Waals surface area contributed by atoms with E-state index in [0.717, 1.165) is 37.5 Å². The SMILES string of the molecule is O=C1CC2(CCN(CC3CC=CCC3)CC2)CN1Cc1cccnc1. The van der Waals surface area contributed by atoms with Gasteiger partial charge in [-0.25, -0.2) is 0 Å². The van der Waals surface area contributed by atoms with Gasteiger partial charge < -0.3 is 9.80 Å². The number of aromatic nitrogens is 1. The van der Waals surface area contributed by atoms with Crippen molar-refractivity contribution >= 4 is 5.91 Å². The van der Waals surface area contributed by atoms with Gasteiger partial charge in [-0.1, -0.05) is 18.2 Å². The molecule has 1 aliphatic carbocycles. The van der Waals surface area contributed by atoms with Crippen molar-refractivity contribution in [2.75, 3.05) is 26.2 Å². The van der Waals surface area contributed by atoms with Crippen LogP contribution in [0.2, 0.25) is 0 Å². The predicted molar refractivity (Wildman–Crippen MR) is 98.9 cm³/mol. The third-order valence-electron chi connectivity index (χ3n) is 6.31. The normalized spacial score (nSPS) is 26.5. The molecule has 0 radical (unpaired) electrons. The summed E-state index contributed by atoms with van der Waals surface area (Å²) in [7, 11) is 0. The Labute approximate surface area is 150 Å². The number of hydrogen-bond donors (Lipinski definition) is 0. The summed E-state index contributed by atoms with van der Waals surface area (Å²) in [6.07, 6.45) is 15.3. The largest absolute Gasteiger partial charge is 0.338 e. The predicted octanol–water partition coefficient (Wildman–Crippen LogP) is 3.25. The molecule has 0 saturated carbocycles. The molecule has 4 heteroatoms. The molecule has 2 saturated heterocycles. The van der Waals surface area contributed by atoms with Gasteiger partial charge in [0.15, 0.2) is 0 Å². The summed E-state index contributed by atoms with van der Waals surface area (Å²) >= 11 is 0. The van der Waals surface area contributed by atoms with Gasteiger partial charge in [0.25, 0.3) is 0 Å². The number of hydrogen-bond acceptors (Lipinski definition) is 3. The van der Waals surface area contributed by atoms with Gasteiger partial charge in [0.05, 0.1) is 0 Å². The molecule has 1 unspecified atom stereocenters. The van der Waals surface area contributed by atoms with Gasteiger partial charge in [0, 0.05) is 38.4 Å². The van der Waals surface area contributed by atoms with E-state index in [2.05, 4.69) is 33.0 Å². The maximum Gasteiger partial charge on any atom is 0.223 e. The number of carbonyl (C=O) groups excluding carboxylic acids is 1. The maximum atomic E-state index is 12.5. The monoisotopic (exact) mass is 339 g/mol. The van der Waals surface area contributed by atoms with Crippen LogP contribution in [0, 0.1) is 11.3 Å². The minimum atomic E-state index is 0.224. The lowest BCUT2D eigenvalue weighted by Crippen LogP contribution is -2.43. The molecule has 1 aromatic rings. The fourth-order valence-electron chi connectivity index (χ4n) is 4.77. The number of piperidine rings is 1. The zero-order valence-electron chi connectivity index (χ0n) is 15.1. The molecule has 2 fully saturated rings. The van der Waals surface area contributed by atoms with Crippen LogP contribution < -0.4 is 0 Å². The third kappa shape index (κ3) is 3.95. The van der Waals surface area contributed by atoms with E-state index >= 15 is 0 Å². The van der Waals surface area contributed by atoms with Crippen molar-refractivity contribution in [3.05, 3.63) is 42.2 Å². The molecule has 0 N–H and O–H groups in total. The number of allylic oxidation sites excluding steroid dienone is 2. The standard InChI is InChI=1S/C21H29N3O/c25-20-13-21(17-24(20)16-19-7-4-10-22-14-19)8-11-23(12-9-21)15-18-5-2-1-3-6-18/h1-2,4,7,10,14,18H,3,5-6,8-9,11-13,15-17H2. The number of likely N-dealkylation sites (tertiary alicyclic amines) is 2. The van der Waals surface area contributed by atoms with Crippen LogP contribution in [-0.2, 0) is 11.3 Å². The van der Waals surface area contributed by atoms with Crippen molar-refractivity contribution in [3.8, 4) is 0 Å². The minimum absolute atomic E-state index is 0.224. The van der Waals surface area contributed by atoms with E-state index in [4.69, 9.17) is 0 Å². The van der Waals surface area contributed by atoms with Gasteiger partial charge in [0.2, 0.25) is 5.91 Å². The summed E-state index contributed by atoms with van der Waals surface area (Å²) < 4.78 is 0. The highest BCUT2D eigenvalue weighted by molar-refractivity contribution is 5.79. The van der Waals surface area contributed by atoms with E-state index in [1.54, 1.807) is 6.20 Å².